The Morgan fingerprint density at radius 2 is 2.29 bits per heavy atom. The molecular formula is C11H21NO2. The van der Waals surface area contributed by atoms with Crippen LogP contribution in [0.15, 0.2) is 0 Å². The van der Waals surface area contributed by atoms with E-state index in [0.29, 0.717) is 6.61 Å². The Labute approximate surface area is 86.2 Å². The van der Waals surface area contributed by atoms with Gasteiger partial charge in [-0.3, -0.25) is 4.79 Å². The molecule has 1 fully saturated rings. The molecule has 0 aromatic carbocycles. The maximum absolute atomic E-state index is 11.6. The summed E-state index contributed by atoms with van der Waals surface area (Å²) in [6.45, 7) is 5.72. The molecule has 1 aliphatic rings. The molecule has 1 rings (SSSR count). The Morgan fingerprint density at radius 1 is 1.50 bits per heavy atom. The first kappa shape index (κ1) is 11.5. The molecule has 2 atom stereocenters. The summed E-state index contributed by atoms with van der Waals surface area (Å²) < 4.78 is 5.22. The van der Waals surface area contributed by atoms with E-state index in [9.17, 15) is 4.79 Å². The molecule has 0 aromatic heterocycles. The predicted molar refractivity (Wildman–Crippen MR) is 56.1 cm³/mol. The van der Waals surface area contributed by atoms with Crippen LogP contribution in [-0.4, -0.2) is 25.2 Å². The Hall–Kier alpha value is -0.570. The van der Waals surface area contributed by atoms with Crippen LogP contribution in [0.1, 0.15) is 39.5 Å². The Balaban J connectivity index is 2.14. The van der Waals surface area contributed by atoms with Crippen molar-refractivity contribution in [2.75, 3.05) is 13.2 Å². The van der Waals surface area contributed by atoms with Crippen molar-refractivity contribution in [1.29, 1.82) is 0 Å². The molecule has 0 radical (unpaired) electrons. The fraction of sp³-hybridized carbons (Fsp3) is 0.909. The van der Waals surface area contributed by atoms with Crippen LogP contribution in [0.3, 0.4) is 0 Å². The summed E-state index contributed by atoms with van der Waals surface area (Å²) in [5, 5.41) is 3.25. The standard InChI is InChI=1S/C11H21NO2/c1-3-4-5-8-14-11(13)10-6-7-12-9(10)2/h9-10,12H,3-8H2,1-2H3. The van der Waals surface area contributed by atoms with Crippen molar-refractivity contribution >= 4 is 5.97 Å². The van der Waals surface area contributed by atoms with Gasteiger partial charge in [-0.05, 0) is 26.3 Å². The zero-order valence-electron chi connectivity index (χ0n) is 9.21. The second-order valence-electron chi connectivity index (χ2n) is 4.01. The normalized spacial score (nSPS) is 26.4. The van der Waals surface area contributed by atoms with Gasteiger partial charge in [0, 0.05) is 6.04 Å². The number of ether oxygens (including phenoxy) is 1. The van der Waals surface area contributed by atoms with Crippen LogP contribution in [0.5, 0.6) is 0 Å². The van der Waals surface area contributed by atoms with Crippen molar-refractivity contribution in [2.45, 2.75) is 45.6 Å². The number of nitrogens with one attached hydrogen (secondary N) is 1. The summed E-state index contributed by atoms with van der Waals surface area (Å²) >= 11 is 0. The fourth-order valence-corrected chi connectivity index (χ4v) is 1.81. The van der Waals surface area contributed by atoms with Crippen molar-refractivity contribution in [1.82, 2.24) is 5.32 Å². The highest BCUT2D eigenvalue weighted by Gasteiger charge is 2.30. The van der Waals surface area contributed by atoms with Crippen LogP contribution < -0.4 is 5.32 Å². The molecule has 1 aliphatic heterocycles. The molecule has 14 heavy (non-hydrogen) atoms. The molecule has 0 spiro atoms. The molecule has 3 nitrogen and oxygen atoms in total. The van der Waals surface area contributed by atoms with E-state index in [2.05, 4.69) is 12.2 Å². The van der Waals surface area contributed by atoms with Gasteiger partial charge in [0.15, 0.2) is 0 Å². The van der Waals surface area contributed by atoms with Gasteiger partial charge in [0.2, 0.25) is 0 Å². The van der Waals surface area contributed by atoms with Crippen molar-refractivity contribution < 1.29 is 9.53 Å². The third-order valence-corrected chi connectivity index (χ3v) is 2.82. The maximum atomic E-state index is 11.6. The number of carbonyl (C=O) groups excluding carboxylic acids is 1. The van der Waals surface area contributed by atoms with Gasteiger partial charge in [0.05, 0.1) is 12.5 Å². The summed E-state index contributed by atoms with van der Waals surface area (Å²) in [5.41, 5.74) is 0. The average molecular weight is 199 g/mol. The van der Waals surface area contributed by atoms with Gasteiger partial charge < -0.3 is 10.1 Å². The number of rotatable bonds is 5. The third kappa shape index (κ3) is 3.29. The molecule has 0 bridgehead atoms. The minimum Gasteiger partial charge on any atom is -0.465 e. The number of carbonyl (C=O) groups is 1. The van der Waals surface area contributed by atoms with Gasteiger partial charge in [-0.1, -0.05) is 19.8 Å². The SMILES string of the molecule is CCCCCOC(=O)C1CCNC1C. The molecule has 0 saturated carbocycles. The van der Waals surface area contributed by atoms with Gasteiger partial charge >= 0.3 is 5.97 Å². The molecule has 0 amide bonds. The second kappa shape index (κ2) is 6.02. The summed E-state index contributed by atoms with van der Waals surface area (Å²) in [7, 11) is 0. The quantitative estimate of drug-likeness (QED) is 0.541. The lowest BCUT2D eigenvalue weighted by Crippen LogP contribution is -2.29. The molecule has 1 saturated heterocycles. The number of hydrogen-bond acceptors (Lipinski definition) is 3. The molecular weight excluding hydrogens is 178 g/mol. The van der Waals surface area contributed by atoms with Crippen LogP contribution in [-0.2, 0) is 9.53 Å². The number of esters is 1. The molecule has 3 heteroatoms. The molecule has 1 heterocycles. The highest BCUT2D eigenvalue weighted by Crippen LogP contribution is 2.16. The zero-order valence-corrected chi connectivity index (χ0v) is 9.21. The second-order valence-corrected chi connectivity index (χ2v) is 4.01. The van der Waals surface area contributed by atoms with Gasteiger partial charge in [0.25, 0.3) is 0 Å². The minimum absolute atomic E-state index is 0.0152. The van der Waals surface area contributed by atoms with E-state index in [1.165, 1.54) is 6.42 Å². The Kier molecular flexibility index (Phi) is 4.94. The molecule has 0 aromatic rings. The van der Waals surface area contributed by atoms with Crippen LogP contribution in [0, 0.1) is 5.92 Å². The monoisotopic (exact) mass is 199 g/mol. The van der Waals surface area contributed by atoms with Gasteiger partial charge in [-0.15, -0.1) is 0 Å². The van der Waals surface area contributed by atoms with Crippen LogP contribution in [0.25, 0.3) is 0 Å². The van der Waals surface area contributed by atoms with E-state index in [1.54, 1.807) is 0 Å². The van der Waals surface area contributed by atoms with Crippen molar-refractivity contribution in [3.05, 3.63) is 0 Å². The van der Waals surface area contributed by atoms with E-state index in [0.717, 1.165) is 25.8 Å². The smallest absolute Gasteiger partial charge is 0.310 e. The van der Waals surface area contributed by atoms with E-state index >= 15 is 0 Å². The lowest BCUT2D eigenvalue weighted by atomic mass is 10.0. The lowest BCUT2D eigenvalue weighted by Gasteiger charge is -2.13. The highest BCUT2D eigenvalue weighted by atomic mass is 16.5. The zero-order chi connectivity index (χ0) is 10.4. The van der Waals surface area contributed by atoms with E-state index in [-0.39, 0.29) is 17.9 Å². The third-order valence-electron chi connectivity index (χ3n) is 2.82. The highest BCUT2D eigenvalue weighted by molar-refractivity contribution is 5.73. The fourth-order valence-electron chi connectivity index (χ4n) is 1.81. The molecule has 82 valence electrons. The molecule has 2 unspecified atom stereocenters. The van der Waals surface area contributed by atoms with Crippen LogP contribution in [0.2, 0.25) is 0 Å². The number of unbranched alkanes of at least 4 members (excludes halogenated alkanes) is 2. The van der Waals surface area contributed by atoms with Gasteiger partial charge in [0.1, 0.15) is 0 Å². The molecule has 1 N–H and O–H groups in total. The van der Waals surface area contributed by atoms with E-state index in [1.807, 2.05) is 6.92 Å². The van der Waals surface area contributed by atoms with Gasteiger partial charge in [-0.25, -0.2) is 0 Å². The Bertz CT molecular complexity index is 182. The van der Waals surface area contributed by atoms with Crippen LogP contribution in [0.4, 0.5) is 0 Å². The van der Waals surface area contributed by atoms with E-state index < -0.39 is 0 Å². The summed E-state index contributed by atoms with van der Waals surface area (Å²) in [4.78, 5) is 11.6. The molecule has 0 aliphatic carbocycles. The topological polar surface area (TPSA) is 38.3 Å². The Morgan fingerprint density at radius 3 is 2.86 bits per heavy atom. The maximum Gasteiger partial charge on any atom is 0.310 e. The van der Waals surface area contributed by atoms with E-state index in [4.69, 9.17) is 4.74 Å². The lowest BCUT2D eigenvalue weighted by molar-refractivity contribution is -0.148. The summed E-state index contributed by atoms with van der Waals surface area (Å²) in [5.74, 6) is 0.0650. The van der Waals surface area contributed by atoms with Crippen molar-refractivity contribution in [2.24, 2.45) is 5.92 Å². The first-order chi connectivity index (χ1) is 6.75. The first-order valence-electron chi connectivity index (χ1n) is 5.65. The van der Waals surface area contributed by atoms with Crippen molar-refractivity contribution in [3.8, 4) is 0 Å². The number of hydrogen-bond donors (Lipinski definition) is 1. The average Bonchev–Trinajstić information content (AvgIpc) is 2.59. The first-order valence-corrected chi connectivity index (χ1v) is 5.65. The van der Waals surface area contributed by atoms with Gasteiger partial charge in [-0.2, -0.15) is 0 Å². The minimum atomic E-state index is -0.0152. The van der Waals surface area contributed by atoms with Crippen molar-refractivity contribution in [3.63, 3.8) is 0 Å². The van der Waals surface area contributed by atoms with Crippen LogP contribution >= 0.6 is 0 Å². The largest absolute Gasteiger partial charge is 0.465 e. The summed E-state index contributed by atoms with van der Waals surface area (Å²) in [6, 6.07) is 0.286. The summed E-state index contributed by atoms with van der Waals surface area (Å²) in [6.07, 6.45) is 4.23. The predicted octanol–water partition coefficient (Wildman–Crippen LogP) is 1.72.